The van der Waals surface area contributed by atoms with Crippen molar-refractivity contribution < 1.29 is 19.4 Å². The topological polar surface area (TPSA) is 66.8 Å². The molecule has 1 fully saturated rings. The Labute approximate surface area is 195 Å². The van der Waals surface area contributed by atoms with Crippen molar-refractivity contribution in [2.75, 3.05) is 11.5 Å². The van der Waals surface area contributed by atoms with Gasteiger partial charge in [-0.05, 0) is 67.4 Å². The highest BCUT2D eigenvalue weighted by Gasteiger charge is 2.46. The van der Waals surface area contributed by atoms with Crippen molar-refractivity contribution in [2.45, 2.75) is 19.9 Å². The molecule has 4 rings (SSSR count). The van der Waals surface area contributed by atoms with E-state index in [0.29, 0.717) is 23.6 Å². The molecule has 1 aliphatic rings. The van der Waals surface area contributed by atoms with Gasteiger partial charge in [-0.25, -0.2) is 0 Å². The summed E-state index contributed by atoms with van der Waals surface area (Å²) in [5.74, 6) is -0.891. The van der Waals surface area contributed by atoms with Gasteiger partial charge in [0.15, 0.2) is 0 Å². The van der Waals surface area contributed by atoms with E-state index in [1.165, 1.54) is 4.90 Å². The summed E-state index contributed by atoms with van der Waals surface area (Å²) in [5.41, 5.74) is 2.65. The van der Waals surface area contributed by atoms with Crippen molar-refractivity contribution in [1.29, 1.82) is 0 Å². The second-order valence-corrected chi connectivity index (χ2v) is 8.39. The van der Waals surface area contributed by atoms with Crippen LogP contribution in [0.25, 0.3) is 5.76 Å². The molecular formula is C26H22BrNO4. The Kier molecular flexibility index (Phi) is 6.15. The molecule has 1 heterocycles. The number of carbonyl (C=O) groups is 2. The molecule has 3 aromatic rings. The molecule has 1 saturated heterocycles. The third-order valence-corrected chi connectivity index (χ3v) is 5.94. The first kappa shape index (κ1) is 21.8. The Hall–Kier alpha value is -3.38. The van der Waals surface area contributed by atoms with E-state index in [-0.39, 0.29) is 11.3 Å². The summed E-state index contributed by atoms with van der Waals surface area (Å²) in [5, 5.41) is 11.2. The van der Waals surface area contributed by atoms with E-state index in [1.54, 1.807) is 30.3 Å². The quantitative estimate of drug-likeness (QED) is 0.279. The molecule has 162 valence electrons. The Morgan fingerprint density at radius 3 is 2.34 bits per heavy atom. The average Bonchev–Trinajstić information content (AvgIpc) is 3.06. The van der Waals surface area contributed by atoms with Crippen LogP contribution in [0.2, 0.25) is 0 Å². The standard InChI is InChI=1S/C26H22BrNO4/c1-3-32-21-14-11-18(15-16(21)2)24(29)22-23(17-9-12-19(27)13-10-17)28(26(31)25(22)30)20-7-5-4-6-8-20/h4-15,23,29H,3H2,1-2H3/b24-22-. The van der Waals surface area contributed by atoms with Crippen LogP contribution in [0.15, 0.2) is 82.8 Å². The van der Waals surface area contributed by atoms with Crippen LogP contribution in [0, 0.1) is 6.92 Å². The third kappa shape index (κ3) is 3.94. The number of nitrogens with zero attached hydrogens (tertiary/aromatic N) is 1. The number of anilines is 1. The number of ether oxygens (including phenoxy) is 1. The van der Waals surface area contributed by atoms with Crippen LogP contribution >= 0.6 is 15.9 Å². The normalized spacial score (nSPS) is 17.6. The summed E-state index contributed by atoms with van der Waals surface area (Å²) >= 11 is 3.43. The molecule has 0 aliphatic carbocycles. The molecule has 1 aliphatic heterocycles. The lowest BCUT2D eigenvalue weighted by atomic mass is 9.94. The van der Waals surface area contributed by atoms with E-state index in [2.05, 4.69) is 15.9 Å². The Bertz CT molecular complexity index is 1200. The molecule has 6 heteroatoms. The van der Waals surface area contributed by atoms with Crippen LogP contribution in [0.4, 0.5) is 5.69 Å². The zero-order chi connectivity index (χ0) is 22.8. The minimum absolute atomic E-state index is 0.0599. The lowest BCUT2D eigenvalue weighted by Crippen LogP contribution is -2.29. The smallest absolute Gasteiger partial charge is 0.300 e. The second-order valence-electron chi connectivity index (χ2n) is 7.47. The summed E-state index contributed by atoms with van der Waals surface area (Å²) < 4.78 is 6.46. The van der Waals surface area contributed by atoms with Gasteiger partial charge in [0.25, 0.3) is 11.7 Å². The third-order valence-electron chi connectivity index (χ3n) is 5.41. The van der Waals surface area contributed by atoms with Crippen molar-refractivity contribution in [3.63, 3.8) is 0 Å². The van der Waals surface area contributed by atoms with Gasteiger partial charge in [0.05, 0.1) is 18.2 Å². The van der Waals surface area contributed by atoms with E-state index < -0.39 is 17.7 Å². The van der Waals surface area contributed by atoms with Crippen LogP contribution in [-0.2, 0) is 9.59 Å². The van der Waals surface area contributed by atoms with E-state index >= 15 is 0 Å². The Morgan fingerprint density at radius 2 is 1.72 bits per heavy atom. The van der Waals surface area contributed by atoms with Gasteiger partial charge < -0.3 is 9.84 Å². The predicted octanol–water partition coefficient (Wildman–Crippen LogP) is 5.78. The molecule has 5 nitrogen and oxygen atoms in total. The molecular weight excluding hydrogens is 470 g/mol. The molecule has 0 spiro atoms. The fourth-order valence-electron chi connectivity index (χ4n) is 3.92. The number of benzene rings is 3. The average molecular weight is 492 g/mol. The van der Waals surface area contributed by atoms with Crippen LogP contribution in [0.5, 0.6) is 5.75 Å². The molecule has 1 unspecified atom stereocenters. The van der Waals surface area contributed by atoms with Crippen LogP contribution in [-0.4, -0.2) is 23.4 Å². The number of hydrogen-bond acceptors (Lipinski definition) is 4. The summed E-state index contributed by atoms with van der Waals surface area (Å²) in [6, 6.07) is 20.9. The summed E-state index contributed by atoms with van der Waals surface area (Å²) in [7, 11) is 0. The van der Waals surface area contributed by atoms with Gasteiger partial charge in [-0.2, -0.15) is 0 Å². The van der Waals surface area contributed by atoms with Gasteiger partial charge in [0.2, 0.25) is 0 Å². The highest BCUT2D eigenvalue weighted by atomic mass is 79.9. The highest BCUT2D eigenvalue weighted by Crippen LogP contribution is 2.42. The molecule has 1 N–H and O–H groups in total. The van der Waals surface area contributed by atoms with Gasteiger partial charge >= 0.3 is 0 Å². The summed E-state index contributed by atoms with van der Waals surface area (Å²) in [6.07, 6.45) is 0. The zero-order valence-electron chi connectivity index (χ0n) is 17.7. The monoisotopic (exact) mass is 491 g/mol. The fraction of sp³-hybridized carbons (Fsp3) is 0.154. The minimum atomic E-state index is -0.752. The number of aliphatic hydroxyl groups excluding tert-OH is 1. The number of ketones is 1. The molecule has 3 aromatic carbocycles. The number of aryl methyl sites for hydroxylation is 1. The van der Waals surface area contributed by atoms with Crippen LogP contribution in [0.3, 0.4) is 0 Å². The van der Waals surface area contributed by atoms with Gasteiger partial charge in [0, 0.05) is 15.7 Å². The lowest BCUT2D eigenvalue weighted by molar-refractivity contribution is -0.132. The first-order valence-corrected chi connectivity index (χ1v) is 11.1. The number of Topliss-reactive ketones (excluding diaryl/α,β-unsaturated/α-hetero) is 1. The number of hydrogen-bond donors (Lipinski definition) is 1. The predicted molar refractivity (Wildman–Crippen MR) is 128 cm³/mol. The zero-order valence-corrected chi connectivity index (χ0v) is 19.3. The molecule has 1 atom stereocenters. The maximum absolute atomic E-state index is 13.2. The van der Waals surface area contributed by atoms with Gasteiger partial charge in [0.1, 0.15) is 11.5 Å². The number of aliphatic hydroxyl groups is 1. The first-order chi connectivity index (χ1) is 15.4. The van der Waals surface area contributed by atoms with Crippen LogP contribution < -0.4 is 9.64 Å². The minimum Gasteiger partial charge on any atom is -0.507 e. The molecule has 0 radical (unpaired) electrons. The van der Waals surface area contributed by atoms with Crippen molar-refractivity contribution in [3.8, 4) is 5.75 Å². The van der Waals surface area contributed by atoms with E-state index in [4.69, 9.17) is 4.74 Å². The maximum atomic E-state index is 13.2. The van der Waals surface area contributed by atoms with Crippen molar-refractivity contribution in [1.82, 2.24) is 0 Å². The second kappa shape index (κ2) is 9.01. The summed E-state index contributed by atoms with van der Waals surface area (Å²) in [4.78, 5) is 27.7. The van der Waals surface area contributed by atoms with Gasteiger partial charge in [-0.1, -0.05) is 46.3 Å². The van der Waals surface area contributed by atoms with Crippen molar-refractivity contribution in [3.05, 3.63) is 99.5 Å². The molecule has 1 amide bonds. The lowest BCUT2D eigenvalue weighted by Gasteiger charge is -2.25. The number of halogens is 1. The number of carbonyl (C=O) groups excluding carboxylic acids is 2. The SMILES string of the molecule is CCOc1ccc(/C(O)=C2/C(=O)C(=O)N(c3ccccc3)C2c2ccc(Br)cc2)cc1C. The van der Waals surface area contributed by atoms with E-state index in [1.807, 2.05) is 56.3 Å². The summed E-state index contributed by atoms with van der Waals surface area (Å²) in [6.45, 7) is 4.30. The number of para-hydroxylation sites is 1. The molecule has 0 saturated carbocycles. The molecule has 0 bridgehead atoms. The van der Waals surface area contributed by atoms with E-state index in [9.17, 15) is 14.7 Å². The van der Waals surface area contributed by atoms with Crippen molar-refractivity contribution in [2.24, 2.45) is 0 Å². The molecule has 0 aromatic heterocycles. The highest BCUT2D eigenvalue weighted by molar-refractivity contribution is 9.10. The maximum Gasteiger partial charge on any atom is 0.300 e. The van der Waals surface area contributed by atoms with Crippen molar-refractivity contribution >= 4 is 39.1 Å². The first-order valence-electron chi connectivity index (χ1n) is 10.3. The fourth-order valence-corrected chi connectivity index (χ4v) is 4.18. The van der Waals surface area contributed by atoms with Crippen LogP contribution in [0.1, 0.15) is 29.7 Å². The van der Waals surface area contributed by atoms with E-state index in [0.717, 1.165) is 15.6 Å². The van der Waals surface area contributed by atoms with Gasteiger partial charge in [-0.3, -0.25) is 14.5 Å². The Balaban J connectivity index is 1.90. The molecule has 32 heavy (non-hydrogen) atoms. The number of rotatable bonds is 5. The van der Waals surface area contributed by atoms with Gasteiger partial charge in [-0.15, -0.1) is 0 Å². The Morgan fingerprint density at radius 1 is 1.03 bits per heavy atom. The largest absolute Gasteiger partial charge is 0.507 e. The number of amides is 1.